The molecule has 2 rings (SSSR count). The summed E-state index contributed by atoms with van der Waals surface area (Å²) in [5.41, 5.74) is 1.05. The first-order valence-corrected chi connectivity index (χ1v) is 14.7. The summed E-state index contributed by atoms with van der Waals surface area (Å²) in [6.45, 7) is 2.24. The number of phenolic OH excluding ortho intramolecular Hbond substituents is 1. The van der Waals surface area contributed by atoms with Crippen molar-refractivity contribution in [3.05, 3.63) is 60.2 Å². The largest absolute Gasteiger partial charge is 0.508 e. The molecular weight excluding hydrogens is 458 g/mol. The van der Waals surface area contributed by atoms with Crippen molar-refractivity contribution in [2.24, 2.45) is 0 Å². The number of aromatic hydroxyl groups is 1. The standard InChI is InChI=1S/C29H41NO4S/c1-2-3-4-5-6-7-8-9-10-11-12-15-24-35(33,34)28-17-14-13-16-27(28)30-29(32)23-20-25-18-21-26(31)22-19-25/h13-14,16-23,31H,2-12,15,24H2,1H3,(H,30,32). The second-order valence-corrected chi connectivity index (χ2v) is 11.2. The lowest BCUT2D eigenvalue weighted by atomic mass is 10.1. The molecule has 2 aromatic rings. The number of anilines is 1. The lowest BCUT2D eigenvalue weighted by Gasteiger charge is -2.11. The minimum absolute atomic E-state index is 0.0840. The Morgan fingerprint density at radius 3 is 1.94 bits per heavy atom. The zero-order chi connectivity index (χ0) is 25.4. The summed E-state index contributed by atoms with van der Waals surface area (Å²) < 4.78 is 25.9. The molecule has 0 bridgehead atoms. The van der Waals surface area contributed by atoms with Crippen molar-refractivity contribution < 1.29 is 18.3 Å². The van der Waals surface area contributed by atoms with Gasteiger partial charge in [-0.1, -0.05) is 102 Å². The Bertz CT molecular complexity index is 1010. The Kier molecular flexibility index (Phi) is 13.2. The van der Waals surface area contributed by atoms with Crippen LogP contribution in [0.1, 0.15) is 89.5 Å². The van der Waals surface area contributed by atoms with Crippen LogP contribution in [0.25, 0.3) is 6.08 Å². The molecule has 0 aliphatic heterocycles. The molecule has 0 atom stereocenters. The highest BCUT2D eigenvalue weighted by atomic mass is 32.2. The summed E-state index contributed by atoms with van der Waals surface area (Å²) in [5.74, 6) is -0.175. The molecule has 0 aliphatic carbocycles. The van der Waals surface area contributed by atoms with Gasteiger partial charge in [-0.05, 0) is 42.3 Å². The van der Waals surface area contributed by atoms with Crippen LogP contribution in [0, 0.1) is 0 Å². The lowest BCUT2D eigenvalue weighted by Crippen LogP contribution is -2.14. The smallest absolute Gasteiger partial charge is 0.248 e. The maximum Gasteiger partial charge on any atom is 0.248 e. The van der Waals surface area contributed by atoms with Gasteiger partial charge in [0.1, 0.15) is 5.75 Å². The molecule has 2 aromatic carbocycles. The fraction of sp³-hybridized carbons (Fsp3) is 0.483. The number of amides is 1. The van der Waals surface area contributed by atoms with Gasteiger partial charge in [0.25, 0.3) is 0 Å². The fourth-order valence-corrected chi connectivity index (χ4v) is 5.56. The van der Waals surface area contributed by atoms with Gasteiger partial charge in [0.2, 0.25) is 5.91 Å². The maximum absolute atomic E-state index is 12.9. The Morgan fingerprint density at radius 1 is 0.800 bits per heavy atom. The van der Waals surface area contributed by atoms with Crippen LogP contribution in [0.3, 0.4) is 0 Å². The van der Waals surface area contributed by atoms with Crippen LogP contribution < -0.4 is 5.32 Å². The third kappa shape index (κ3) is 11.6. The third-order valence-corrected chi connectivity index (χ3v) is 7.92. The Labute approximate surface area is 211 Å². The minimum atomic E-state index is -3.49. The zero-order valence-corrected chi connectivity index (χ0v) is 21.9. The number of benzene rings is 2. The van der Waals surface area contributed by atoms with Crippen molar-refractivity contribution in [2.45, 2.75) is 88.9 Å². The van der Waals surface area contributed by atoms with Crippen molar-refractivity contribution in [3.63, 3.8) is 0 Å². The van der Waals surface area contributed by atoms with Crippen molar-refractivity contribution in [1.82, 2.24) is 0 Å². The molecule has 0 spiro atoms. The summed E-state index contributed by atoms with van der Waals surface area (Å²) >= 11 is 0. The highest BCUT2D eigenvalue weighted by molar-refractivity contribution is 7.91. The highest BCUT2D eigenvalue weighted by Gasteiger charge is 2.18. The molecule has 0 radical (unpaired) electrons. The topological polar surface area (TPSA) is 83.5 Å². The van der Waals surface area contributed by atoms with Gasteiger partial charge >= 0.3 is 0 Å². The number of carbonyl (C=O) groups is 1. The minimum Gasteiger partial charge on any atom is -0.508 e. The maximum atomic E-state index is 12.9. The Hall–Kier alpha value is -2.60. The summed E-state index contributed by atoms with van der Waals surface area (Å²) in [7, 11) is -3.49. The van der Waals surface area contributed by atoms with Gasteiger partial charge in [0, 0.05) is 6.08 Å². The van der Waals surface area contributed by atoms with Crippen LogP contribution in [-0.2, 0) is 14.6 Å². The van der Waals surface area contributed by atoms with Crippen LogP contribution in [0.2, 0.25) is 0 Å². The number of carbonyl (C=O) groups excluding carboxylic acids is 1. The van der Waals surface area contributed by atoms with Crippen LogP contribution in [0.15, 0.2) is 59.5 Å². The van der Waals surface area contributed by atoms with Gasteiger partial charge in [0.15, 0.2) is 9.84 Å². The zero-order valence-electron chi connectivity index (χ0n) is 21.0. The first-order chi connectivity index (χ1) is 16.9. The second kappa shape index (κ2) is 16.1. The summed E-state index contributed by atoms with van der Waals surface area (Å²) in [4.78, 5) is 12.5. The van der Waals surface area contributed by atoms with Gasteiger partial charge in [-0.25, -0.2) is 8.42 Å². The van der Waals surface area contributed by atoms with E-state index in [0.717, 1.165) is 24.8 Å². The number of unbranched alkanes of at least 4 members (excludes halogenated alkanes) is 11. The van der Waals surface area contributed by atoms with E-state index < -0.39 is 15.7 Å². The molecule has 0 saturated carbocycles. The predicted molar refractivity (Wildman–Crippen MR) is 145 cm³/mol. The van der Waals surface area contributed by atoms with E-state index in [0.29, 0.717) is 12.1 Å². The summed E-state index contributed by atoms with van der Waals surface area (Å²) in [5, 5.41) is 12.0. The van der Waals surface area contributed by atoms with Gasteiger partial charge in [-0.2, -0.15) is 0 Å². The van der Waals surface area contributed by atoms with Crippen molar-refractivity contribution in [3.8, 4) is 5.75 Å². The molecule has 1 amide bonds. The van der Waals surface area contributed by atoms with E-state index in [9.17, 15) is 18.3 Å². The fourth-order valence-electron chi connectivity index (χ4n) is 4.02. The van der Waals surface area contributed by atoms with Crippen molar-refractivity contribution >= 4 is 27.5 Å². The highest BCUT2D eigenvalue weighted by Crippen LogP contribution is 2.23. The van der Waals surface area contributed by atoms with E-state index in [2.05, 4.69) is 12.2 Å². The molecule has 35 heavy (non-hydrogen) atoms. The number of rotatable bonds is 17. The van der Waals surface area contributed by atoms with Gasteiger partial charge in [-0.15, -0.1) is 0 Å². The molecule has 0 unspecified atom stereocenters. The van der Waals surface area contributed by atoms with E-state index in [1.807, 2.05) is 0 Å². The molecule has 0 aliphatic rings. The third-order valence-electron chi connectivity index (χ3n) is 6.07. The Morgan fingerprint density at radius 2 is 1.34 bits per heavy atom. The molecule has 5 nitrogen and oxygen atoms in total. The number of sulfone groups is 1. The first kappa shape index (κ1) is 28.6. The molecule has 0 saturated heterocycles. The van der Waals surface area contributed by atoms with Crippen LogP contribution in [0.4, 0.5) is 5.69 Å². The van der Waals surface area contributed by atoms with Crippen LogP contribution >= 0.6 is 0 Å². The van der Waals surface area contributed by atoms with E-state index in [4.69, 9.17) is 0 Å². The average molecular weight is 500 g/mol. The van der Waals surface area contributed by atoms with Crippen LogP contribution in [-0.4, -0.2) is 25.2 Å². The van der Waals surface area contributed by atoms with Crippen molar-refractivity contribution in [2.75, 3.05) is 11.1 Å². The number of para-hydroxylation sites is 1. The summed E-state index contributed by atoms with van der Waals surface area (Å²) in [6.07, 6.45) is 17.2. The molecule has 0 fully saturated rings. The monoisotopic (exact) mass is 499 g/mol. The van der Waals surface area contributed by atoms with E-state index >= 15 is 0 Å². The molecular formula is C29H41NO4S. The van der Waals surface area contributed by atoms with E-state index in [1.54, 1.807) is 42.5 Å². The van der Waals surface area contributed by atoms with Gasteiger partial charge in [0.05, 0.1) is 16.3 Å². The van der Waals surface area contributed by atoms with E-state index in [-0.39, 0.29) is 16.4 Å². The molecule has 192 valence electrons. The quantitative estimate of drug-likeness (QED) is 0.174. The molecule has 0 heterocycles. The molecule has 0 aromatic heterocycles. The summed E-state index contributed by atoms with van der Waals surface area (Å²) in [6, 6.07) is 13.0. The van der Waals surface area contributed by atoms with E-state index in [1.165, 1.54) is 69.6 Å². The molecule has 2 N–H and O–H groups in total. The normalized spacial score (nSPS) is 11.7. The predicted octanol–water partition coefficient (Wildman–Crippen LogP) is 7.52. The number of hydrogen-bond donors (Lipinski definition) is 2. The lowest BCUT2D eigenvalue weighted by molar-refractivity contribution is -0.111. The number of nitrogens with one attached hydrogen (secondary N) is 1. The average Bonchev–Trinajstić information content (AvgIpc) is 2.84. The Balaban J connectivity index is 1.74. The van der Waals surface area contributed by atoms with Gasteiger partial charge < -0.3 is 10.4 Å². The first-order valence-electron chi connectivity index (χ1n) is 13.0. The van der Waals surface area contributed by atoms with Crippen LogP contribution in [0.5, 0.6) is 5.75 Å². The van der Waals surface area contributed by atoms with Gasteiger partial charge in [-0.3, -0.25) is 4.79 Å². The SMILES string of the molecule is CCCCCCCCCCCCCCS(=O)(=O)c1ccccc1NC(=O)C=Cc1ccc(O)cc1. The van der Waals surface area contributed by atoms with Crippen molar-refractivity contribution in [1.29, 1.82) is 0 Å². The number of hydrogen-bond acceptors (Lipinski definition) is 4. The molecule has 6 heteroatoms. The second-order valence-electron chi connectivity index (χ2n) is 9.12. The number of phenols is 1.